The van der Waals surface area contributed by atoms with Crippen LogP contribution in [-0.2, 0) is 4.79 Å². The second-order valence-corrected chi connectivity index (χ2v) is 3.56. The van der Waals surface area contributed by atoms with Gasteiger partial charge in [0.05, 0.1) is 0 Å². The summed E-state index contributed by atoms with van der Waals surface area (Å²) in [7, 11) is 0. The molecule has 0 fully saturated rings. The Labute approximate surface area is 80.5 Å². The lowest BCUT2D eigenvalue weighted by Gasteiger charge is -1.99. The van der Waals surface area contributed by atoms with Crippen LogP contribution in [0, 0.1) is 0 Å². The Bertz CT molecular complexity index is 201. The highest BCUT2D eigenvalue weighted by Crippen LogP contribution is 2.09. The van der Waals surface area contributed by atoms with Crippen molar-refractivity contribution in [3.05, 3.63) is 24.3 Å². The number of rotatable bonds is 0. The van der Waals surface area contributed by atoms with Crippen molar-refractivity contribution in [2.45, 2.75) is 44.9 Å². The molecule has 0 saturated heterocycles. The van der Waals surface area contributed by atoms with Crippen LogP contribution in [0.3, 0.4) is 0 Å². The summed E-state index contributed by atoms with van der Waals surface area (Å²) < 4.78 is 0. The first-order chi connectivity index (χ1) is 6.39. The summed E-state index contributed by atoms with van der Waals surface area (Å²) >= 11 is 0. The van der Waals surface area contributed by atoms with Gasteiger partial charge in [-0.2, -0.15) is 0 Å². The smallest absolute Gasteiger partial charge is 0.155 e. The Balaban J connectivity index is 2.37. The second kappa shape index (κ2) is 6.64. The summed E-state index contributed by atoms with van der Waals surface area (Å²) in [6, 6.07) is 0. The van der Waals surface area contributed by atoms with Gasteiger partial charge in [0.2, 0.25) is 0 Å². The number of hydrogen-bond acceptors (Lipinski definition) is 1. The summed E-state index contributed by atoms with van der Waals surface area (Å²) in [5, 5.41) is 0. The van der Waals surface area contributed by atoms with Crippen molar-refractivity contribution < 1.29 is 4.79 Å². The van der Waals surface area contributed by atoms with Crippen LogP contribution in [0.2, 0.25) is 0 Å². The highest BCUT2D eigenvalue weighted by atomic mass is 16.1. The van der Waals surface area contributed by atoms with E-state index in [1.54, 1.807) is 6.08 Å². The van der Waals surface area contributed by atoms with E-state index in [2.05, 4.69) is 6.08 Å². The zero-order chi connectivity index (χ0) is 9.36. The van der Waals surface area contributed by atoms with Gasteiger partial charge in [0, 0.05) is 6.42 Å². The molecule has 0 amide bonds. The van der Waals surface area contributed by atoms with Crippen LogP contribution in [0.15, 0.2) is 24.3 Å². The van der Waals surface area contributed by atoms with Crippen molar-refractivity contribution >= 4 is 5.78 Å². The van der Waals surface area contributed by atoms with Gasteiger partial charge in [0.15, 0.2) is 5.78 Å². The molecular weight excluding hydrogens is 160 g/mol. The third-order valence-corrected chi connectivity index (χ3v) is 2.32. The Morgan fingerprint density at radius 3 is 2.62 bits per heavy atom. The first kappa shape index (κ1) is 10.2. The molecular formula is C12H18O. The standard InChI is InChI=1S/C12H18O/c13-12-10-8-6-4-2-1-3-5-7-9-11-12/h4,6,8,10H,1-3,5,7,9,11H2/b6-4-,10-8-. The molecule has 0 spiro atoms. The molecule has 0 heterocycles. The van der Waals surface area contributed by atoms with Crippen LogP contribution in [-0.4, -0.2) is 5.78 Å². The first-order valence-electron chi connectivity index (χ1n) is 5.25. The maximum atomic E-state index is 11.2. The van der Waals surface area contributed by atoms with Gasteiger partial charge in [0.25, 0.3) is 0 Å². The van der Waals surface area contributed by atoms with E-state index in [0.717, 1.165) is 19.3 Å². The van der Waals surface area contributed by atoms with Crippen LogP contribution < -0.4 is 0 Å². The van der Waals surface area contributed by atoms with Gasteiger partial charge in [0.1, 0.15) is 0 Å². The second-order valence-electron chi connectivity index (χ2n) is 3.56. The van der Waals surface area contributed by atoms with E-state index < -0.39 is 0 Å². The van der Waals surface area contributed by atoms with Gasteiger partial charge >= 0.3 is 0 Å². The first-order valence-corrected chi connectivity index (χ1v) is 5.25. The minimum absolute atomic E-state index is 0.269. The van der Waals surface area contributed by atoms with Crippen molar-refractivity contribution in [2.24, 2.45) is 0 Å². The number of allylic oxidation sites excluding steroid dienone is 4. The maximum Gasteiger partial charge on any atom is 0.155 e. The van der Waals surface area contributed by atoms with E-state index in [0.29, 0.717) is 0 Å². The lowest BCUT2D eigenvalue weighted by molar-refractivity contribution is -0.114. The fourth-order valence-corrected chi connectivity index (χ4v) is 1.51. The van der Waals surface area contributed by atoms with Crippen LogP contribution in [0.1, 0.15) is 44.9 Å². The lowest BCUT2D eigenvalue weighted by Crippen LogP contribution is -1.92. The molecule has 1 nitrogen and oxygen atoms in total. The Hall–Kier alpha value is -0.850. The highest BCUT2D eigenvalue weighted by molar-refractivity contribution is 5.89. The Morgan fingerprint density at radius 1 is 0.923 bits per heavy atom. The largest absolute Gasteiger partial charge is 0.295 e. The molecule has 0 aromatic carbocycles. The Morgan fingerprint density at radius 2 is 1.69 bits per heavy atom. The molecule has 1 aliphatic carbocycles. The van der Waals surface area contributed by atoms with Crippen molar-refractivity contribution in [1.29, 1.82) is 0 Å². The van der Waals surface area contributed by atoms with Crippen molar-refractivity contribution in [3.63, 3.8) is 0 Å². The number of ketones is 1. The molecule has 1 rings (SSSR count). The zero-order valence-electron chi connectivity index (χ0n) is 8.17. The predicted molar refractivity (Wildman–Crippen MR) is 55.6 cm³/mol. The molecule has 0 aromatic heterocycles. The van der Waals surface area contributed by atoms with Crippen molar-refractivity contribution in [1.82, 2.24) is 0 Å². The normalized spacial score (nSPS) is 25.7. The number of carbonyl (C=O) groups excluding carboxylic acids is 1. The molecule has 1 heteroatoms. The molecule has 0 N–H and O–H groups in total. The van der Waals surface area contributed by atoms with E-state index in [4.69, 9.17) is 0 Å². The lowest BCUT2D eigenvalue weighted by atomic mass is 10.1. The average molecular weight is 178 g/mol. The van der Waals surface area contributed by atoms with Crippen LogP contribution in [0.25, 0.3) is 0 Å². The molecule has 0 aliphatic heterocycles. The summed E-state index contributed by atoms with van der Waals surface area (Å²) in [6.07, 6.45) is 15.7. The van der Waals surface area contributed by atoms with Crippen LogP contribution in [0.4, 0.5) is 0 Å². The topological polar surface area (TPSA) is 17.1 Å². The van der Waals surface area contributed by atoms with E-state index in [1.165, 1.54) is 25.7 Å². The van der Waals surface area contributed by atoms with E-state index in [-0.39, 0.29) is 5.78 Å². The minimum Gasteiger partial charge on any atom is -0.295 e. The van der Waals surface area contributed by atoms with Gasteiger partial charge in [-0.1, -0.05) is 37.5 Å². The van der Waals surface area contributed by atoms with E-state index in [1.807, 2.05) is 12.2 Å². The summed E-state index contributed by atoms with van der Waals surface area (Å²) in [5.41, 5.74) is 0. The third kappa shape index (κ3) is 5.40. The molecule has 13 heavy (non-hydrogen) atoms. The van der Waals surface area contributed by atoms with Crippen molar-refractivity contribution in [2.75, 3.05) is 0 Å². The van der Waals surface area contributed by atoms with Gasteiger partial charge < -0.3 is 0 Å². The van der Waals surface area contributed by atoms with Gasteiger partial charge in [-0.25, -0.2) is 0 Å². The molecule has 1 aliphatic rings. The maximum absolute atomic E-state index is 11.2. The average Bonchev–Trinajstić information content (AvgIpc) is 2.11. The molecule has 0 unspecified atom stereocenters. The monoisotopic (exact) mass is 178 g/mol. The van der Waals surface area contributed by atoms with E-state index >= 15 is 0 Å². The zero-order valence-corrected chi connectivity index (χ0v) is 8.17. The Kier molecular flexibility index (Phi) is 5.23. The van der Waals surface area contributed by atoms with Gasteiger partial charge in [-0.15, -0.1) is 0 Å². The van der Waals surface area contributed by atoms with Crippen LogP contribution >= 0.6 is 0 Å². The molecule has 0 radical (unpaired) electrons. The fourth-order valence-electron chi connectivity index (χ4n) is 1.51. The molecule has 0 aromatic rings. The van der Waals surface area contributed by atoms with Gasteiger partial charge in [-0.05, 0) is 25.3 Å². The van der Waals surface area contributed by atoms with Crippen LogP contribution in [0.5, 0.6) is 0 Å². The van der Waals surface area contributed by atoms with Crippen molar-refractivity contribution in [3.8, 4) is 0 Å². The summed E-state index contributed by atoms with van der Waals surface area (Å²) in [6.45, 7) is 0. The molecule has 72 valence electrons. The minimum atomic E-state index is 0.269. The van der Waals surface area contributed by atoms with E-state index in [9.17, 15) is 4.79 Å². The highest BCUT2D eigenvalue weighted by Gasteiger charge is 1.96. The SMILES string of the molecule is O=C1/C=C\C=C/CCCCCCC1. The summed E-state index contributed by atoms with van der Waals surface area (Å²) in [4.78, 5) is 11.2. The fraction of sp³-hybridized carbons (Fsp3) is 0.583. The number of carbonyl (C=O) groups is 1. The molecule has 0 saturated carbocycles. The summed E-state index contributed by atoms with van der Waals surface area (Å²) in [5.74, 6) is 0.269. The predicted octanol–water partition coefficient (Wildman–Crippen LogP) is 3.41. The molecule has 0 atom stereocenters. The molecule has 0 bridgehead atoms. The quantitative estimate of drug-likeness (QED) is 0.555. The van der Waals surface area contributed by atoms with Gasteiger partial charge in [-0.3, -0.25) is 4.79 Å². The third-order valence-electron chi connectivity index (χ3n) is 2.32. The number of hydrogen-bond donors (Lipinski definition) is 0.